The predicted octanol–water partition coefficient (Wildman–Crippen LogP) is 4.36. The Morgan fingerprint density at radius 2 is 1.77 bits per heavy atom. The quantitative estimate of drug-likeness (QED) is 0.629. The second kappa shape index (κ2) is 7.56. The molecule has 0 aliphatic carbocycles. The molecule has 4 nitrogen and oxygen atoms in total. The topological polar surface area (TPSA) is 26.0 Å². The van der Waals surface area contributed by atoms with Gasteiger partial charge in [0.05, 0.1) is 6.67 Å². The van der Waals surface area contributed by atoms with E-state index < -0.39 is 0 Å². The molecule has 0 amide bonds. The molecular formula is C21H24N4S. The van der Waals surface area contributed by atoms with E-state index >= 15 is 0 Å². The van der Waals surface area contributed by atoms with Gasteiger partial charge in [-0.25, -0.2) is 4.68 Å². The normalized spacial score (nSPS) is 14.8. The van der Waals surface area contributed by atoms with E-state index in [2.05, 4.69) is 64.9 Å². The first kappa shape index (κ1) is 17.2. The standard InChI is InChI=1S/C21H24N4S/c1-17-8-7-11-19(14-17)25-20(15-18-9-3-2-4-10-18)22-24(21(25)26)16-23-12-5-6-13-23/h2-4,7-11,14H,5-6,12-13,15-16H2,1H3. The lowest BCUT2D eigenvalue weighted by Gasteiger charge is -2.13. The maximum Gasteiger partial charge on any atom is 0.203 e. The summed E-state index contributed by atoms with van der Waals surface area (Å²) in [5.74, 6) is 0.992. The SMILES string of the molecule is Cc1cccc(-n2c(Cc3ccccc3)nn(CN3CCCC3)c2=S)c1. The highest BCUT2D eigenvalue weighted by atomic mass is 32.1. The second-order valence-electron chi connectivity index (χ2n) is 7.00. The Morgan fingerprint density at radius 3 is 2.50 bits per heavy atom. The Bertz CT molecular complexity index is 936. The minimum atomic E-state index is 0.769. The zero-order chi connectivity index (χ0) is 17.9. The van der Waals surface area contributed by atoms with Crippen LogP contribution in [-0.4, -0.2) is 32.3 Å². The van der Waals surface area contributed by atoms with E-state index in [4.69, 9.17) is 17.3 Å². The number of hydrogen-bond acceptors (Lipinski definition) is 3. The molecule has 0 atom stereocenters. The van der Waals surface area contributed by atoms with Gasteiger partial charge in [0, 0.05) is 12.1 Å². The number of hydrogen-bond donors (Lipinski definition) is 0. The molecule has 1 aliphatic heterocycles. The fourth-order valence-electron chi connectivity index (χ4n) is 3.58. The van der Waals surface area contributed by atoms with Crippen molar-refractivity contribution in [1.82, 2.24) is 19.2 Å². The largest absolute Gasteiger partial charge is 0.284 e. The van der Waals surface area contributed by atoms with Gasteiger partial charge in [0.1, 0.15) is 5.82 Å². The highest BCUT2D eigenvalue weighted by Gasteiger charge is 2.17. The monoisotopic (exact) mass is 364 g/mol. The molecule has 5 heteroatoms. The van der Waals surface area contributed by atoms with Crippen LogP contribution in [0.25, 0.3) is 5.69 Å². The summed E-state index contributed by atoms with van der Waals surface area (Å²) < 4.78 is 4.89. The number of nitrogens with zero attached hydrogens (tertiary/aromatic N) is 4. The van der Waals surface area contributed by atoms with Crippen LogP contribution in [0.2, 0.25) is 0 Å². The summed E-state index contributed by atoms with van der Waals surface area (Å²) in [6.07, 6.45) is 3.30. The van der Waals surface area contributed by atoms with Crippen molar-refractivity contribution >= 4 is 12.2 Å². The summed E-state index contributed by atoms with van der Waals surface area (Å²) in [5, 5.41) is 4.91. The lowest BCUT2D eigenvalue weighted by atomic mass is 10.1. The summed E-state index contributed by atoms with van der Waals surface area (Å²) >= 11 is 5.83. The third-order valence-corrected chi connectivity index (χ3v) is 5.30. The molecule has 0 N–H and O–H groups in total. The average molecular weight is 365 g/mol. The van der Waals surface area contributed by atoms with Crippen molar-refractivity contribution < 1.29 is 0 Å². The number of aromatic nitrogens is 3. The van der Waals surface area contributed by atoms with Gasteiger partial charge >= 0.3 is 0 Å². The van der Waals surface area contributed by atoms with Gasteiger partial charge in [0.25, 0.3) is 0 Å². The molecule has 2 aromatic carbocycles. The van der Waals surface area contributed by atoms with Gasteiger partial charge in [-0.15, -0.1) is 0 Å². The van der Waals surface area contributed by atoms with Gasteiger partial charge in [-0.1, -0.05) is 42.5 Å². The van der Waals surface area contributed by atoms with E-state index in [1.165, 1.54) is 24.0 Å². The van der Waals surface area contributed by atoms with Crippen LogP contribution in [0, 0.1) is 11.7 Å². The van der Waals surface area contributed by atoms with Crippen molar-refractivity contribution in [3.8, 4) is 5.69 Å². The van der Waals surface area contributed by atoms with Crippen molar-refractivity contribution in [2.24, 2.45) is 0 Å². The first-order valence-electron chi connectivity index (χ1n) is 9.23. The lowest BCUT2D eigenvalue weighted by Crippen LogP contribution is -2.23. The van der Waals surface area contributed by atoms with E-state index in [1.807, 2.05) is 10.7 Å². The van der Waals surface area contributed by atoms with E-state index in [1.54, 1.807) is 0 Å². The van der Waals surface area contributed by atoms with Crippen LogP contribution in [0.3, 0.4) is 0 Å². The Balaban J connectivity index is 1.75. The van der Waals surface area contributed by atoms with Gasteiger partial charge in [-0.3, -0.25) is 9.47 Å². The molecule has 1 saturated heterocycles. The zero-order valence-corrected chi connectivity index (χ0v) is 16.0. The van der Waals surface area contributed by atoms with Crippen LogP contribution in [0.4, 0.5) is 0 Å². The van der Waals surface area contributed by atoms with E-state index in [-0.39, 0.29) is 0 Å². The van der Waals surface area contributed by atoms with Crippen molar-refractivity contribution in [2.75, 3.05) is 13.1 Å². The molecule has 0 saturated carbocycles. The van der Waals surface area contributed by atoms with E-state index in [0.717, 1.165) is 42.5 Å². The minimum Gasteiger partial charge on any atom is -0.284 e. The van der Waals surface area contributed by atoms with Gasteiger partial charge < -0.3 is 0 Å². The highest BCUT2D eigenvalue weighted by Crippen LogP contribution is 2.18. The van der Waals surface area contributed by atoms with Crippen molar-refractivity contribution in [3.63, 3.8) is 0 Å². The maximum atomic E-state index is 5.83. The van der Waals surface area contributed by atoms with Gasteiger partial charge in [0.15, 0.2) is 0 Å². The zero-order valence-electron chi connectivity index (χ0n) is 15.1. The van der Waals surface area contributed by atoms with Crippen LogP contribution in [0.5, 0.6) is 0 Å². The van der Waals surface area contributed by atoms with Crippen molar-refractivity contribution in [3.05, 3.63) is 76.3 Å². The summed E-state index contributed by atoms with van der Waals surface area (Å²) in [7, 11) is 0. The van der Waals surface area contributed by atoms with Gasteiger partial charge in [0.2, 0.25) is 4.77 Å². The van der Waals surface area contributed by atoms with Crippen LogP contribution in [0.1, 0.15) is 29.8 Å². The first-order valence-corrected chi connectivity index (χ1v) is 9.63. The van der Waals surface area contributed by atoms with Crippen LogP contribution >= 0.6 is 12.2 Å². The van der Waals surface area contributed by atoms with Crippen molar-refractivity contribution in [1.29, 1.82) is 0 Å². The fourth-order valence-corrected chi connectivity index (χ4v) is 3.89. The van der Waals surface area contributed by atoms with E-state index in [0.29, 0.717) is 0 Å². The lowest BCUT2D eigenvalue weighted by molar-refractivity contribution is 0.252. The molecule has 0 radical (unpaired) electrons. The average Bonchev–Trinajstić information content (AvgIpc) is 3.25. The molecule has 1 fully saturated rings. The summed E-state index contributed by atoms with van der Waals surface area (Å²) in [6, 6.07) is 18.9. The first-order chi connectivity index (χ1) is 12.7. The summed E-state index contributed by atoms with van der Waals surface area (Å²) in [5.41, 5.74) is 3.56. The number of benzene rings is 2. The molecule has 3 aromatic rings. The predicted molar refractivity (Wildman–Crippen MR) is 107 cm³/mol. The molecule has 0 spiro atoms. The molecular weight excluding hydrogens is 340 g/mol. The molecule has 2 heterocycles. The third-order valence-electron chi connectivity index (χ3n) is 4.90. The fraction of sp³-hybridized carbons (Fsp3) is 0.333. The summed E-state index contributed by atoms with van der Waals surface area (Å²) in [6.45, 7) is 5.15. The Morgan fingerprint density at radius 1 is 1.00 bits per heavy atom. The number of likely N-dealkylation sites (tertiary alicyclic amines) is 1. The minimum absolute atomic E-state index is 0.769. The molecule has 1 aromatic heterocycles. The highest BCUT2D eigenvalue weighted by molar-refractivity contribution is 7.71. The smallest absolute Gasteiger partial charge is 0.203 e. The molecule has 134 valence electrons. The van der Waals surface area contributed by atoms with Crippen LogP contribution < -0.4 is 0 Å². The second-order valence-corrected chi connectivity index (χ2v) is 7.37. The molecule has 26 heavy (non-hydrogen) atoms. The molecule has 0 bridgehead atoms. The van der Waals surface area contributed by atoms with E-state index in [9.17, 15) is 0 Å². The Kier molecular flexibility index (Phi) is 5.00. The molecule has 0 unspecified atom stereocenters. The maximum absolute atomic E-state index is 5.83. The third kappa shape index (κ3) is 3.64. The Hall–Kier alpha value is -2.24. The van der Waals surface area contributed by atoms with Crippen molar-refractivity contribution in [2.45, 2.75) is 32.9 Å². The number of rotatable bonds is 5. The summed E-state index contributed by atoms with van der Waals surface area (Å²) in [4.78, 5) is 2.43. The molecule has 1 aliphatic rings. The number of aryl methyl sites for hydroxylation is 1. The van der Waals surface area contributed by atoms with Gasteiger partial charge in [-0.2, -0.15) is 5.10 Å². The van der Waals surface area contributed by atoms with Gasteiger partial charge in [-0.05, 0) is 68.3 Å². The van der Waals surface area contributed by atoms with Crippen LogP contribution in [-0.2, 0) is 13.1 Å². The molecule has 4 rings (SSSR count). The van der Waals surface area contributed by atoms with Crippen LogP contribution in [0.15, 0.2) is 54.6 Å². The Labute approximate surface area is 159 Å².